The van der Waals surface area contributed by atoms with E-state index in [0.29, 0.717) is 35.1 Å². The van der Waals surface area contributed by atoms with Crippen molar-refractivity contribution in [3.8, 4) is 62.9 Å². The average molecular weight is 1790 g/mol. The summed E-state index contributed by atoms with van der Waals surface area (Å²) < 4.78 is 112. The predicted molar refractivity (Wildman–Crippen MR) is 497 cm³/mol. The highest BCUT2D eigenvalue weighted by atomic mass is 28.4. The highest BCUT2D eigenvalue weighted by Gasteiger charge is 2.84. The first-order chi connectivity index (χ1) is 59.5. The molecule has 4 aliphatic carbocycles. The van der Waals surface area contributed by atoms with Gasteiger partial charge in [0.1, 0.15) is 84.2 Å². The maximum atomic E-state index is 18.2. The number of fused-ring (bicyclic) bond motifs is 8. The Kier molecular flexibility index (Phi) is 25.0. The molecule has 4 N–H and O–H groups in total. The summed E-state index contributed by atoms with van der Waals surface area (Å²) in [6, 6.07) is 49.7. The first-order valence-corrected chi connectivity index (χ1v) is 57.1. The second-order valence-corrected chi connectivity index (χ2v) is 58.9. The van der Waals surface area contributed by atoms with E-state index in [1.54, 1.807) is 0 Å². The first kappa shape index (κ1) is 92.2. The Balaban J connectivity index is 1.08. The number of rotatable bonds is 31. The second kappa shape index (κ2) is 34.1. The molecule has 25 heteroatoms. The number of aliphatic hydroxyl groups excluding tert-OH is 1. The Bertz CT molecular complexity index is 5540. The van der Waals surface area contributed by atoms with E-state index in [1.807, 2.05) is 198 Å². The van der Waals surface area contributed by atoms with Crippen molar-refractivity contribution >= 4 is 66.4 Å². The molecule has 0 aromatic heterocycles. The van der Waals surface area contributed by atoms with Crippen LogP contribution in [0.3, 0.4) is 0 Å². The zero-order chi connectivity index (χ0) is 90.8. The molecule has 2 heterocycles. The molecule has 674 valence electrons. The van der Waals surface area contributed by atoms with Crippen molar-refractivity contribution in [1.82, 2.24) is 0 Å². The number of aliphatic hydroxyl groups is 1. The summed E-state index contributed by atoms with van der Waals surface area (Å²) in [4.78, 5) is 36.1. The number of benzene rings is 9. The van der Waals surface area contributed by atoms with Gasteiger partial charge in [0.2, 0.25) is 11.6 Å². The fourth-order valence-corrected chi connectivity index (χ4v) is 25.9. The lowest BCUT2D eigenvalue weighted by atomic mass is 9.54. The number of methoxy groups -OCH3 is 3. The highest BCUT2D eigenvalue weighted by molar-refractivity contribution is 6.74. The Morgan fingerprint density at radius 1 is 0.444 bits per heavy atom. The van der Waals surface area contributed by atoms with Crippen molar-refractivity contribution < 1.29 is 99.8 Å². The fourth-order valence-electron chi connectivity index (χ4n) is 20.5. The number of aromatic hydroxyl groups is 3. The Hall–Kier alpha value is -8.49. The molecule has 13 atom stereocenters. The van der Waals surface area contributed by atoms with Crippen LogP contribution in [0.1, 0.15) is 161 Å². The minimum absolute atomic E-state index is 0.0105. The summed E-state index contributed by atoms with van der Waals surface area (Å²) in [5, 5.41) is 57.1. The molecule has 0 unspecified atom stereocenters. The molecule has 21 nitrogen and oxygen atoms in total. The SMILES string of the molecule is CCC[C@]12OC(C)(C)O[C@H]1[C@H](OCc1ccccc1)[C@@H](O[Si](C)(C)C(C)(C)C)[C@H]1Cc3cc4c(OC)c(OC)c(-c5c(OC)c(OCc6ccccc6)c6c(O)c7c(c(O)c6c5OCc5ccccc5)C(=O)[C@]5(O[Si](C)(C)C)[C@H]6[C@H](O[Si](C)(C)C(C)(C)C)[C@@H](OCc8ccccc8)[C@H](O)[C@@]5(CCC)O[C@@H]76)c(OCc5ccccc5)c4c(O)c3C(=O)[C@]12O[Si](C)(C)C. The van der Waals surface area contributed by atoms with Gasteiger partial charge in [-0.1, -0.05) is 220 Å². The smallest absolute Gasteiger partial charge is 0.201 e. The molecule has 126 heavy (non-hydrogen) atoms. The van der Waals surface area contributed by atoms with Gasteiger partial charge in [0.15, 0.2) is 73.3 Å². The lowest BCUT2D eigenvalue weighted by molar-refractivity contribution is -0.252. The van der Waals surface area contributed by atoms with Gasteiger partial charge in [0, 0.05) is 16.9 Å². The van der Waals surface area contributed by atoms with Gasteiger partial charge in [-0.25, -0.2) is 0 Å². The van der Waals surface area contributed by atoms with Gasteiger partial charge in [-0.15, -0.1) is 0 Å². The Morgan fingerprint density at radius 3 is 1.29 bits per heavy atom. The highest BCUT2D eigenvalue weighted by Crippen LogP contribution is 2.73. The number of hydrogen-bond acceptors (Lipinski definition) is 21. The predicted octanol–water partition coefficient (Wildman–Crippen LogP) is 21.5. The van der Waals surface area contributed by atoms with Crippen LogP contribution in [0.4, 0.5) is 0 Å². The first-order valence-electron chi connectivity index (χ1n) is 44.5. The van der Waals surface area contributed by atoms with Crippen molar-refractivity contribution in [3.05, 3.63) is 208 Å². The number of carbonyl (C=O) groups is 2. The van der Waals surface area contributed by atoms with E-state index in [-0.39, 0.29) is 141 Å². The van der Waals surface area contributed by atoms with Crippen molar-refractivity contribution in [2.45, 2.75) is 281 Å². The normalized spacial score (nSPS) is 25.7. The number of ketones is 2. The van der Waals surface area contributed by atoms with Crippen LogP contribution in [0.2, 0.25) is 75.5 Å². The molecule has 9 aromatic rings. The Morgan fingerprint density at radius 2 is 0.841 bits per heavy atom. The number of hydrogen-bond donors (Lipinski definition) is 4. The number of phenols is 3. The van der Waals surface area contributed by atoms with Crippen molar-refractivity contribution in [1.29, 1.82) is 0 Å². The fraction of sp³-hybridized carbons (Fsp3) is 0.485. The third-order valence-electron chi connectivity index (χ3n) is 27.4. The molecular formula is C101H128O21Si4. The molecule has 4 fully saturated rings. The molecule has 2 saturated heterocycles. The third kappa shape index (κ3) is 15.5. The van der Waals surface area contributed by atoms with Crippen LogP contribution in [0.15, 0.2) is 158 Å². The summed E-state index contributed by atoms with van der Waals surface area (Å²) in [7, 11) is -7.69. The quantitative estimate of drug-likeness (QED) is 0.0233. The largest absolute Gasteiger partial charge is 0.507 e. The van der Waals surface area contributed by atoms with Crippen LogP contribution >= 0.6 is 0 Å². The zero-order valence-corrected chi connectivity index (χ0v) is 81.5. The van der Waals surface area contributed by atoms with Gasteiger partial charge in [0.05, 0.1) is 97.2 Å². The van der Waals surface area contributed by atoms with Gasteiger partial charge in [-0.3, -0.25) is 9.59 Å². The van der Waals surface area contributed by atoms with Crippen LogP contribution in [-0.4, -0.2) is 151 Å². The van der Waals surface area contributed by atoms with E-state index < -0.39 is 150 Å². The summed E-state index contributed by atoms with van der Waals surface area (Å²) in [5.74, 6) is -6.94. The maximum Gasteiger partial charge on any atom is 0.201 e. The van der Waals surface area contributed by atoms with Gasteiger partial charge >= 0.3 is 0 Å². The minimum atomic E-state index is -3.11. The molecule has 15 rings (SSSR count). The molecule has 2 aliphatic heterocycles. The zero-order valence-electron chi connectivity index (χ0n) is 77.5. The van der Waals surface area contributed by atoms with Crippen molar-refractivity contribution in [2.24, 2.45) is 11.8 Å². The van der Waals surface area contributed by atoms with Crippen molar-refractivity contribution in [2.75, 3.05) is 21.3 Å². The molecule has 0 amide bonds. The summed E-state index contributed by atoms with van der Waals surface area (Å²) in [6.45, 7) is 41.0. The standard InChI is InChI=1S/C101H128O21Si4/c1-24-51-98-93(107)89(114-58-63-47-37-29-38-48-63)88(119-126(22,23)96(6,7)8)76-84(116-98)72-73(92(106)101(76,98)122-124(17,18)19)79(104)70-71(78(72)103)87(113-57-62-45-35-28-36-46-62)86(110-13)75(83(70)112-56-61-43-33-27-34-44-61)74-82(111-55-60-41-31-26-32-42-60)69-66(80(108-11)85(74)109-12)53-65-54-67-81(118-125(20,21)95(3,4)5)90(115-59-64-49-39-30-40-50-64)94-99(52-25-2,120-97(9,10)117-94)100(67,121-123(14,15)16)91(105)68(65)77(69)102/h26-50,53,67,76,81,84,88-90,93-94,102-104,107H,24-25,51-52,54-59H2,1-23H3/t67-,76-,81+,84+,88+,89-,90-,93+,94+,98-,99+,100-,101-/m1/s1. The monoisotopic (exact) mass is 1790 g/mol. The molecule has 0 spiro atoms. The van der Waals surface area contributed by atoms with Gasteiger partial charge < -0.3 is 90.2 Å². The molecule has 9 aromatic carbocycles. The lowest BCUT2D eigenvalue weighted by Gasteiger charge is -2.63. The third-order valence-corrected chi connectivity index (χ3v) is 38.2. The van der Waals surface area contributed by atoms with Crippen LogP contribution in [-0.2, 0) is 80.8 Å². The van der Waals surface area contributed by atoms with E-state index in [9.17, 15) is 20.4 Å². The number of Topliss-reactive ketones (excluding diaryl/α,β-unsaturated/α-hetero) is 2. The average Bonchev–Trinajstić information content (AvgIpc) is 1.48. The van der Waals surface area contributed by atoms with Crippen LogP contribution < -0.4 is 28.4 Å². The van der Waals surface area contributed by atoms with E-state index in [4.69, 9.17) is 69.8 Å². The van der Waals surface area contributed by atoms with Crippen LogP contribution in [0, 0.1) is 11.8 Å². The van der Waals surface area contributed by atoms with Crippen LogP contribution in [0.25, 0.3) is 32.7 Å². The molecule has 2 saturated carbocycles. The van der Waals surface area contributed by atoms with Gasteiger partial charge in [-0.05, 0) is 148 Å². The number of carbonyl (C=O) groups excluding carboxylic acids is 2. The van der Waals surface area contributed by atoms with E-state index in [1.165, 1.54) is 21.3 Å². The summed E-state index contributed by atoms with van der Waals surface area (Å²) in [5.41, 5.74) is -4.02. The minimum Gasteiger partial charge on any atom is -0.507 e. The van der Waals surface area contributed by atoms with Crippen LogP contribution in [0.5, 0.6) is 51.7 Å². The van der Waals surface area contributed by atoms with E-state index in [2.05, 4.69) is 94.3 Å². The topological polar surface area (TPSA) is 254 Å². The van der Waals surface area contributed by atoms with E-state index >= 15 is 9.59 Å². The van der Waals surface area contributed by atoms with E-state index in [0.717, 1.165) is 11.1 Å². The molecule has 0 radical (unpaired) electrons. The molecule has 4 bridgehead atoms. The van der Waals surface area contributed by atoms with Gasteiger partial charge in [-0.2, -0.15) is 0 Å². The summed E-state index contributed by atoms with van der Waals surface area (Å²) in [6.07, 6.45) is -6.74. The number of ether oxygens (including phenoxy) is 11. The second-order valence-electron chi connectivity index (χ2n) is 40.5. The summed E-state index contributed by atoms with van der Waals surface area (Å²) >= 11 is 0. The number of phenolic OH excluding ortho intramolecular Hbond substituents is 3. The van der Waals surface area contributed by atoms with Gasteiger partial charge in [0.25, 0.3) is 0 Å². The van der Waals surface area contributed by atoms with Crippen molar-refractivity contribution in [3.63, 3.8) is 0 Å². The lowest BCUT2D eigenvalue weighted by Crippen LogP contribution is -2.81. The Labute approximate surface area is 746 Å². The molecule has 6 aliphatic rings. The molecular weight excluding hydrogens is 1660 g/mol. The maximum absolute atomic E-state index is 18.2.